The average Bonchev–Trinajstić information content (AvgIpc) is 3.58. The van der Waals surface area contributed by atoms with E-state index in [9.17, 15) is 24.6 Å². The monoisotopic (exact) mass is 784 g/mol. The molecule has 0 saturated carbocycles. The number of hydrogen-bond donors (Lipinski definition) is 2. The summed E-state index contributed by atoms with van der Waals surface area (Å²) in [6.45, 7) is 2.56. The highest BCUT2D eigenvalue weighted by Gasteiger charge is 2.58. The van der Waals surface area contributed by atoms with Gasteiger partial charge in [0.1, 0.15) is 55.9 Å². The van der Waals surface area contributed by atoms with Crippen LogP contribution >= 0.6 is 0 Å². The fourth-order valence-electron chi connectivity index (χ4n) is 6.86. The lowest BCUT2D eigenvalue weighted by atomic mass is 9.96. The molecule has 0 spiro atoms. The lowest BCUT2D eigenvalue weighted by molar-refractivity contribution is -0.353. The van der Waals surface area contributed by atoms with Gasteiger partial charge >= 0.3 is 17.9 Å². The predicted octanol–water partition coefficient (Wildman–Crippen LogP) is 4.22. The first-order chi connectivity index (χ1) is 27.6. The summed E-state index contributed by atoms with van der Waals surface area (Å²) >= 11 is 0. The SMILES string of the molecule is CC1(C)O[C@@H]2[C@@H](O)[C@H](O[C@H]3[C@H](O)[C@@H](OC(=O)c4ccccc4)[C@H](OCc4ccccc4)O[C@@H]3COC(=O)c3ccccc3)O[C@H](COC(=O)c3ccccc3)[C@@H]2O1. The van der Waals surface area contributed by atoms with Crippen molar-refractivity contribution in [2.24, 2.45) is 0 Å². The van der Waals surface area contributed by atoms with Gasteiger partial charge in [-0.1, -0.05) is 84.9 Å². The largest absolute Gasteiger partial charge is 0.459 e. The molecule has 0 aliphatic carbocycles. The van der Waals surface area contributed by atoms with Gasteiger partial charge in [0.05, 0.1) is 23.3 Å². The summed E-state index contributed by atoms with van der Waals surface area (Å²) < 4.78 is 54.4. The number of esters is 3. The molecule has 4 aromatic rings. The van der Waals surface area contributed by atoms with E-state index in [2.05, 4.69) is 0 Å². The number of benzene rings is 4. The van der Waals surface area contributed by atoms with Crippen LogP contribution in [0.3, 0.4) is 0 Å². The van der Waals surface area contributed by atoms with Crippen molar-refractivity contribution in [3.63, 3.8) is 0 Å². The topological polar surface area (TPSA) is 175 Å². The zero-order valence-electron chi connectivity index (χ0n) is 31.2. The number of aliphatic hydroxyl groups is 2. The van der Waals surface area contributed by atoms with E-state index in [0.717, 1.165) is 5.56 Å². The van der Waals surface area contributed by atoms with Gasteiger partial charge in [0.25, 0.3) is 0 Å². The Morgan fingerprint density at radius 1 is 0.579 bits per heavy atom. The van der Waals surface area contributed by atoms with Crippen molar-refractivity contribution in [2.75, 3.05) is 13.2 Å². The third-order valence-electron chi connectivity index (χ3n) is 9.65. The zero-order chi connectivity index (χ0) is 39.9. The molecule has 14 heteroatoms. The number of ether oxygens (including phenoxy) is 9. The van der Waals surface area contributed by atoms with Crippen molar-refractivity contribution < 1.29 is 67.2 Å². The molecule has 10 atom stereocenters. The van der Waals surface area contributed by atoms with Crippen molar-refractivity contribution >= 4 is 17.9 Å². The molecule has 0 aromatic heterocycles. The molecular formula is C43H44O14. The molecule has 0 radical (unpaired) electrons. The number of carbonyl (C=O) groups excluding carboxylic acids is 3. The number of carbonyl (C=O) groups is 3. The maximum absolute atomic E-state index is 13.4. The minimum absolute atomic E-state index is 0.00366. The molecule has 57 heavy (non-hydrogen) atoms. The minimum Gasteiger partial charge on any atom is -0.459 e. The third kappa shape index (κ3) is 9.75. The maximum Gasteiger partial charge on any atom is 0.338 e. The smallest absolute Gasteiger partial charge is 0.338 e. The Bertz CT molecular complexity index is 1930. The lowest BCUT2D eigenvalue weighted by Crippen LogP contribution is -2.65. The molecule has 0 bridgehead atoms. The second kappa shape index (κ2) is 18.1. The van der Waals surface area contributed by atoms with Gasteiger partial charge in [-0.05, 0) is 55.8 Å². The van der Waals surface area contributed by atoms with Gasteiger partial charge in [-0.15, -0.1) is 0 Å². The number of hydrogen-bond acceptors (Lipinski definition) is 14. The van der Waals surface area contributed by atoms with Gasteiger partial charge in [0.15, 0.2) is 24.5 Å². The number of fused-ring (bicyclic) bond motifs is 1. The first-order valence-corrected chi connectivity index (χ1v) is 18.6. The van der Waals surface area contributed by atoms with Crippen molar-refractivity contribution in [3.05, 3.63) is 144 Å². The molecule has 7 rings (SSSR count). The van der Waals surface area contributed by atoms with Crippen LogP contribution in [0, 0.1) is 0 Å². The van der Waals surface area contributed by atoms with Crippen LogP contribution in [0.5, 0.6) is 0 Å². The summed E-state index contributed by atoms with van der Waals surface area (Å²) in [7, 11) is 0. The fraction of sp³-hybridized carbons (Fsp3) is 0.372. The Balaban J connectivity index is 1.16. The van der Waals surface area contributed by atoms with Crippen molar-refractivity contribution in [1.29, 1.82) is 0 Å². The van der Waals surface area contributed by atoms with Crippen LogP contribution in [0.25, 0.3) is 0 Å². The summed E-state index contributed by atoms with van der Waals surface area (Å²) in [6, 6.07) is 34.0. The molecule has 0 unspecified atom stereocenters. The number of rotatable bonds is 13. The van der Waals surface area contributed by atoms with Gasteiger partial charge in [-0.2, -0.15) is 0 Å². The van der Waals surface area contributed by atoms with Gasteiger partial charge in [0.2, 0.25) is 0 Å². The van der Waals surface area contributed by atoms with Crippen LogP contribution in [0.1, 0.15) is 50.5 Å². The van der Waals surface area contributed by atoms with E-state index in [1.165, 1.54) is 0 Å². The molecule has 2 N–H and O–H groups in total. The molecule has 3 heterocycles. The highest BCUT2D eigenvalue weighted by Crippen LogP contribution is 2.39. The quantitative estimate of drug-likeness (QED) is 0.146. The molecule has 3 saturated heterocycles. The molecular weight excluding hydrogens is 740 g/mol. The third-order valence-corrected chi connectivity index (χ3v) is 9.65. The summed E-state index contributed by atoms with van der Waals surface area (Å²) in [5.41, 5.74) is 1.55. The summed E-state index contributed by atoms with van der Waals surface area (Å²) in [5, 5.41) is 23.8. The second-order valence-corrected chi connectivity index (χ2v) is 14.2. The van der Waals surface area contributed by atoms with E-state index in [1.807, 2.05) is 30.3 Å². The summed E-state index contributed by atoms with van der Waals surface area (Å²) in [6.07, 6.45) is -13.3. The van der Waals surface area contributed by atoms with Gasteiger partial charge in [-0.3, -0.25) is 0 Å². The molecule has 4 aromatic carbocycles. The molecule has 3 aliphatic rings. The Kier molecular flexibility index (Phi) is 12.7. The molecule has 0 amide bonds. The van der Waals surface area contributed by atoms with Gasteiger partial charge in [-0.25, -0.2) is 14.4 Å². The minimum atomic E-state index is -1.70. The first-order valence-electron chi connectivity index (χ1n) is 18.6. The first kappa shape index (κ1) is 40.2. The highest BCUT2D eigenvalue weighted by atomic mass is 16.8. The Labute approximate surface area is 329 Å². The van der Waals surface area contributed by atoms with Gasteiger partial charge in [0, 0.05) is 0 Å². The number of aliphatic hydroxyl groups excluding tert-OH is 2. The predicted molar refractivity (Wildman–Crippen MR) is 198 cm³/mol. The molecule has 14 nitrogen and oxygen atoms in total. The summed E-state index contributed by atoms with van der Waals surface area (Å²) in [5.74, 6) is -3.22. The van der Waals surface area contributed by atoms with Crippen molar-refractivity contribution in [2.45, 2.75) is 87.7 Å². The van der Waals surface area contributed by atoms with Crippen LogP contribution in [-0.4, -0.2) is 109 Å². The lowest BCUT2D eigenvalue weighted by Gasteiger charge is -2.46. The molecule has 3 fully saturated rings. The van der Waals surface area contributed by atoms with E-state index in [-0.39, 0.29) is 24.3 Å². The molecule has 3 aliphatic heterocycles. The van der Waals surface area contributed by atoms with Crippen molar-refractivity contribution in [1.82, 2.24) is 0 Å². The van der Waals surface area contributed by atoms with Crippen LogP contribution in [-0.2, 0) is 49.2 Å². The Morgan fingerprint density at radius 2 is 1.05 bits per heavy atom. The van der Waals surface area contributed by atoms with E-state index in [4.69, 9.17) is 42.6 Å². The van der Waals surface area contributed by atoms with E-state index >= 15 is 0 Å². The van der Waals surface area contributed by atoms with Crippen molar-refractivity contribution in [3.8, 4) is 0 Å². The van der Waals surface area contributed by atoms with Crippen LogP contribution in [0.15, 0.2) is 121 Å². The maximum atomic E-state index is 13.4. The summed E-state index contributed by atoms with van der Waals surface area (Å²) in [4.78, 5) is 39.5. The van der Waals surface area contributed by atoms with Crippen LogP contribution < -0.4 is 0 Å². The standard InChI is InChI=1S/C43H44O14/c1-43(2)56-35-31(25-50-39(47)28-19-11-5-12-20-28)52-41(33(45)36(35)57-43)55-34-30(24-49-38(46)27-17-9-4-10-18-27)53-42(51-23-26-15-7-3-8-16-26)37(32(34)44)54-40(48)29-21-13-6-14-22-29/h3-22,30-37,41-42,44-45H,23-25H2,1-2H3/t30-,31-,32+,33-,34-,35+,36-,37-,41+,42-/m1/s1. The second-order valence-electron chi connectivity index (χ2n) is 14.2. The Morgan fingerprint density at radius 3 is 1.61 bits per heavy atom. The normalized spacial score (nSPS) is 29.1. The van der Waals surface area contributed by atoms with E-state index in [0.29, 0.717) is 5.56 Å². The average molecular weight is 785 g/mol. The van der Waals surface area contributed by atoms with E-state index in [1.54, 1.807) is 105 Å². The fourth-order valence-corrected chi connectivity index (χ4v) is 6.86. The van der Waals surface area contributed by atoms with Crippen LogP contribution in [0.2, 0.25) is 0 Å². The van der Waals surface area contributed by atoms with Gasteiger partial charge < -0.3 is 52.8 Å². The van der Waals surface area contributed by atoms with E-state index < -0.39 is 91.7 Å². The van der Waals surface area contributed by atoms with Crippen LogP contribution in [0.4, 0.5) is 0 Å². The molecule has 300 valence electrons. The Hall–Kier alpha value is -5.03. The zero-order valence-corrected chi connectivity index (χ0v) is 31.2. The highest BCUT2D eigenvalue weighted by molar-refractivity contribution is 5.90.